The van der Waals surface area contributed by atoms with Crippen LogP contribution in [-0.2, 0) is 65.5 Å². The van der Waals surface area contributed by atoms with Crippen LogP contribution in [0.2, 0.25) is 0 Å². The van der Waals surface area contributed by atoms with Gasteiger partial charge in [0.1, 0.15) is 6.04 Å². The number of nitrogens with one attached hydrogen (secondary N) is 3. The molecule has 1 fully saturated rings. The van der Waals surface area contributed by atoms with E-state index in [0.29, 0.717) is 63.8 Å². The molecule has 2 aromatic carbocycles. The van der Waals surface area contributed by atoms with Gasteiger partial charge in [-0.15, -0.1) is 0 Å². The van der Waals surface area contributed by atoms with Gasteiger partial charge in [-0.1, -0.05) is 110 Å². The van der Waals surface area contributed by atoms with E-state index in [1.165, 1.54) is 44.8 Å². The second-order valence-corrected chi connectivity index (χ2v) is 20.2. The van der Waals surface area contributed by atoms with E-state index in [0.717, 1.165) is 11.1 Å². The molecule has 1 saturated heterocycles. The summed E-state index contributed by atoms with van der Waals surface area (Å²) < 4.78 is 17.0. The van der Waals surface area contributed by atoms with Crippen LogP contribution in [0.3, 0.4) is 0 Å². The first-order valence-electron chi connectivity index (χ1n) is 26.7. The van der Waals surface area contributed by atoms with Crippen LogP contribution in [0.15, 0.2) is 66.7 Å². The number of carbonyl (C=O) groups is 8. The summed E-state index contributed by atoms with van der Waals surface area (Å²) in [5.41, 5.74) is 2.35. The van der Waals surface area contributed by atoms with Crippen LogP contribution < -0.4 is 16.0 Å². The van der Waals surface area contributed by atoms with Crippen molar-refractivity contribution in [2.24, 2.45) is 17.8 Å². The monoisotopic (exact) mass is 1050 g/mol. The van der Waals surface area contributed by atoms with Gasteiger partial charge in [0.25, 0.3) is 11.8 Å². The maximum absolute atomic E-state index is 14.3. The third kappa shape index (κ3) is 19.3. The number of methoxy groups -OCH3 is 3. The number of unbranched alkanes of at least 4 members (excludes halogenated alkanes) is 2. The van der Waals surface area contributed by atoms with Crippen LogP contribution in [0.1, 0.15) is 117 Å². The summed E-state index contributed by atoms with van der Waals surface area (Å²) in [7, 11) is 7.81. The number of carbonyl (C=O) groups excluding carboxylic acids is 8. The van der Waals surface area contributed by atoms with Gasteiger partial charge >= 0.3 is 5.97 Å². The fraction of sp³-hybridized carbons (Fsp3) is 0.614. The smallest absolute Gasteiger partial charge is 0.328 e. The standard InChI is InChI=1S/C54H79N7O11.C3H8/c1-11-36(4)50(43(70-8)32-47(65)60-29-19-24-42(60)51(71-9)37(5)52(67)57-41(54(69)72-10)31-38-20-14-12-15-21-38)59(7)48(66)33-55-53(68)49(35(2)3)58(6)34-39-22-18-23-40(30-39)56-44(62)25-16-13-17-28-61-45(63)26-27-46(61)64;1-3-2/h12,14-15,18,20-23,26-27,30,35-37,41-43,49-51H,11,13,16-17,19,24-25,28-29,31-34H2,1-10H3,(H,55,68)(H,56,62)(H,57,67);3H2,1-2H3/t36-,37+,41-,42-,43+,49?,50?,51+;/m0./s1. The Morgan fingerprint density at radius 3 is 2.07 bits per heavy atom. The topological polar surface area (TPSA) is 213 Å². The Morgan fingerprint density at radius 1 is 0.813 bits per heavy atom. The van der Waals surface area contributed by atoms with E-state index >= 15 is 0 Å². The number of benzene rings is 2. The van der Waals surface area contributed by atoms with Crippen molar-refractivity contribution in [3.8, 4) is 0 Å². The number of amides is 7. The minimum atomic E-state index is -0.918. The van der Waals surface area contributed by atoms with Crippen LogP contribution in [0, 0.1) is 17.8 Å². The number of nitrogens with zero attached hydrogens (tertiary/aromatic N) is 4. The molecule has 0 saturated carbocycles. The van der Waals surface area contributed by atoms with Gasteiger partial charge in [0.15, 0.2) is 0 Å². The number of likely N-dealkylation sites (tertiary alicyclic amines) is 1. The number of likely N-dealkylation sites (N-methyl/N-ethyl adjacent to an activating group) is 2. The van der Waals surface area contributed by atoms with Gasteiger partial charge in [0.05, 0.1) is 56.3 Å². The van der Waals surface area contributed by atoms with Crippen LogP contribution in [0.5, 0.6) is 0 Å². The highest BCUT2D eigenvalue weighted by atomic mass is 16.5. The SMILES string of the molecule is CCC.CC[C@H](C)C([C@@H](CC(=O)N1CCC[C@H]1[C@H](OC)[C@@H](C)C(=O)N[C@@H](Cc1ccccc1)C(=O)OC)OC)N(C)C(=O)CNC(=O)C(C(C)C)N(C)Cc1cccc(NC(=O)CCCCCN2C(=O)C=CC2=O)c1. The van der Waals surface area contributed by atoms with Crippen molar-refractivity contribution in [1.29, 1.82) is 0 Å². The average molecular weight is 1050 g/mol. The van der Waals surface area contributed by atoms with Crippen molar-refractivity contribution in [3.63, 3.8) is 0 Å². The molecule has 2 heterocycles. The van der Waals surface area contributed by atoms with Crippen molar-refractivity contribution in [3.05, 3.63) is 77.9 Å². The summed E-state index contributed by atoms with van der Waals surface area (Å²) in [6, 6.07) is 14.3. The minimum Gasteiger partial charge on any atom is -0.467 e. The van der Waals surface area contributed by atoms with Crippen LogP contribution in [0.4, 0.5) is 5.69 Å². The van der Waals surface area contributed by atoms with E-state index in [9.17, 15) is 38.4 Å². The van der Waals surface area contributed by atoms with Gasteiger partial charge in [-0.2, -0.15) is 0 Å². The molecule has 2 unspecified atom stereocenters. The van der Waals surface area contributed by atoms with Gasteiger partial charge in [-0.3, -0.25) is 43.4 Å². The zero-order valence-corrected chi connectivity index (χ0v) is 46.7. The van der Waals surface area contributed by atoms with Gasteiger partial charge in [-0.05, 0) is 67.8 Å². The maximum Gasteiger partial charge on any atom is 0.328 e. The molecule has 2 aliphatic heterocycles. The van der Waals surface area contributed by atoms with E-state index < -0.39 is 54.2 Å². The Labute approximate surface area is 446 Å². The van der Waals surface area contributed by atoms with Crippen LogP contribution >= 0.6 is 0 Å². The van der Waals surface area contributed by atoms with E-state index in [-0.39, 0.29) is 73.1 Å². The zero-order chi connectivity index (χ0) is 55.8. The molecule has 0 spiro atoms. The number of ether oxygens (including phenoxy) is 3. The Morgan fingerprint density at radius 2 is 1.47 bits per heavy atom. The number of esters is 1. The Balaban J connectivity index is 0.00000482. The molecular weight excluding hydrogens is 959 g/mol. The summed E-state index contributed by atoms with van der Waals surface area (Å²) in [4.78, 5) is 111. The molecule has 18 nitrogen and oxygen atoms in total. The van der Waals surface area contributed by atoms with Gasteiger partial charge < -0.3 is 40.0 Å². The molecule has 0 bridgehead atoms. The molecule has 0 aromatic heterocycles. The van der Waals surface area contributed by atoms with Crippen molar-refractivity contribution in [1.82, 2.24) is 30.2 Å². The summed E-state index contributed by atoms with van der Waals surface area (Å²) >= 11 is 0. The van der Waals surface area contributed by atoms with Crippen LogP contribution in [-0.4, -0.2) is 158 Å². The molecule has 0 aliphatic carbocycles. The number of hydrogen-bond donors (Lipinski definition) is 3. The largest absolute Gasteiger partial charge is 0.467 e. The molecule has 7 amide bonds. The second kappa shape index (κ2) is 32.5. The predicted octanol–water partition coefficient (Wildman–Crippen LogP) is 5.92. The van der Waals surface area contributed by atoms with Gasteiger partial charge in [-0.25, -0.2) is 4.79 Å². The summed E-state index contributed by atoms with van der Waals surface area (Å²) in [5.74, 6) is -3.56. The quantitative estimate of drug-likeness (QED) is 0.0492. The highest BCUT2D eigenvalue weighted by molar-refractivity contribution is 6.12. The molecule has 3 N–H and O–H groups in total. The molecule has 0 radical (unpaired) electrons. The number of anilines is 1. The number of rotatable bonds is 29. The summed E-state index contributed by atoms with van der Waals surface area (Å²) in [6.07, 6.45) is 6.76. The molecule has 4 rings (SSSR count). The molecule has 2 aliphatic rings. The highest BCUT2D eigenvalue weighted by Gasteiger charge is 2.43. The second-order valence-electron chi connectivity index (χ2n) is 20.2. The van der Waals surface area contributed by atoms with Crippen LogP contribution in [0.25, 0.3) is 0 Å². The van der Waals surface area contributed by atoms with Gasteiger partial charge in [0.2, 0.25) is 29.5 Å². The van der Waals surface area contributed by atoms with E-state index in [1.54, 1.807) is 29.8 Å². The molecule has 2 aromatic rings. The summed E-state index contributed by atoms with van der Waals surface area (Å²) in [5, 5.41) is 8.67. The summed E-state index contributed by atoms with van der Waals surface area (Å²) in [6.45, 7) is 14.7. The van der Waals surface area contributed by atoms with E-state index in [4.69, 9.17) is 14.2 Å². The first kappa shape index (κ1) is 63.3. The average Bonchev–Trinajstić information content (AvgIpc) is 4.00. The van der Waals surface area contributed by atoms with Crippen molar-refractivity contribution in [2.45, 2.75) is 156 Å². The fourth-order valence-corrected chi connectivity index (χ4v) is 9.96. The fourth-order valence-electron chi connectivity index (χ4n) is 9.96. The molecule has 75 heavy (non-hydrogen) atoms. The molecule has 416 valence electrons. The Hall–Kier alpha value is -5.98. The molecule has 8 atom stereocenters. The highest BCUT2D eigenvalue weighted by Crippen LogP contribution is 2.30. The lowest BCUT2D eigenvalue weighted by Gasteiger charge is -2.39. The van der Waals surface area contributed by atoms with Crippen molar-refractivity contribution in [2.75, 3.05) is 60.4 Å². The number of imide groups is 1. The van der Waals surface area contributed by atoms with Crippen molar-refractivity contribution >= 4 is 53.0 Å². The Kier molecular flexibility index (Phi) is 27.4. The lowest BCUT2D eigenvalue weighted by Crippen LogP contribution is -2.55. The first-order valence-corrected chi connectivity index (χ1v) is 26.7. The van der Waals surface area contributed by atoms with Gasteiger partial charge in [0, 0.05) is 71.6 Å². The third-order valence-corrected chi connectivity index (χ3v) is 14.0. The lowest BCUT2D eigenvalue weighted by molar-refractivity contribution is -0.148. The third-order valence-electron chi connectivity index (χ3n) is 14.0. The first-order chi connectivity index (χ1) is 35.8. The maximum atomic E-state index is 14.3. The minimum absolute atomic E-state index is 0.0408. The normalized spacial score (nSPS) is 17.1. The zero-order valence-electron chi connectivity index (χ0n) is 46.7. The van der Waals surface area contributed by atoms with Crippen molar-refractivity contribution < 1.29 is 52.6 Å². The number of hydrogen-bond acceptors (Lipinski definition) is 12. The lowest BCUT2D eigenvalue weighted by atomic mass is 9.90. The molecular formula is C57H87N7O11. The van der Waals surface area contributed by atoms with E-state index in [1.807, 2.05) is 88.2 Å². The molecule has 18 heteroatoms. The van der Waals surface area contributed by atoms with E-state index in [2.05, 4.69) is 29.8 Å². The predicted molar refractivity (Wildman–Crippen MR) is 289 cm³/mol. The Bertz CT molecular complexity index is 2190.